The van der Waals surface area contributed by atoms with Gasteiger partial charge in [-0.3, -0.25) is 14.7 Å². The Hall–Kier alpha value is -3.19. The molecular weight excluding hydrogens is 392 g/mol. The molecule has 0 aliphatic carbocycles. The predicted molar refractivity (Wildman–Crippen MR) is 120 cm³/mol. The van der Waals surface area contributed by atoms with E-state index in [1.807, 2.05) is 61.1 Å². The molecule has 0 bridgehead atoms. The molecule has 0 radical (unpaired) electrons. The normalized spacial score (nSPS) is 16.7. The van der Waals surface area contributed by atoms with Crippen LogP contribution < -0.4 is 5.43 Å². The Morgan fingerprint density at radius 3 is 2.84 bits per heavy atom. The van der Waals surface area contributed by atoms with Crippen LogP contribution in [0, 0.1) is 6.92 Å². The first-order valence-electron chi connectivity index (χ1n) is 10.6. The maximum atomic E-state index is 13.2. The van der Waals surface area contributed by atoms with Gasteiger partial charge in [0.25, 0.3) is 0 Å². The molecule has 4 rings (SSSR count). The summed E-state index contributed by atoms with van der Waals surface area (Å²) in [6, 6.07) is 11.7. The highest BCUT2D eigenvalue weighted by atomic mass is 16.4. The van der Waals surface area contributed by atoms with Crippen LogP contribution in [0.2, 0.25) is 0 Å². The topological polar surface area (TPSA) is 78.7 Å². The lowest BCUT2D eigenvalue weighted by Gasteiger charge is -2.38. The van der Waals surface area contributed by atoms with Crippen molar-refractivity contribution in [2.24, 2.45) is 7.05 Å². The molecule has 2 aromatic heterocycles. The number of para-hydroxylation sites is 1. The molecule has 1 aromatic carbocycles. The van der Waals surface area contributed by atoms with Gasteiger partial charge in [0.15, 0.2) is 5.43 Å². The number of hydrogen-bond acceptors (Lipinski definition) is 4. The van der Waals surface area contributed by atoms with Gasteiger partial charge in [0.05, 0.1) is 5.52 Å². The summed E-state index contributed by atoms with van der Waals surface area (Å²) in [5, 5.41) is 10.2. The third kappa shape index (κ3) is 4.61. The quantitative estimate of drug-likeness (QED) is 0.685. The van der Waals surface area contributed by atoms with Crippen LogP contribution in [0.4, 0.5) is 4.79 Å². The summed E-state index contributed by atoms with van der Waals surface area (Å²) in [7, 11) is 1.95. The van der Waals surface area contributed by atoms with Gasteiger partial charge in [-0.05, 0) is 49.6 Å². The van der Waals surface area contributed by atoms with Crippen LogP contribution in [0.25, 0.3) is 10.9 Å². The van der Waals surface area contributed by atoms with Crippen molar-refractivity contribution < 1.29 is 9.90 Å². The molecule has 1 amide bonds. The Bertz CT molecular complexity index is 1160. The van der Waals surface area contributed by atoms with Crippen LogP contribution in [-0.2, 0) is 20.1 Å². The molecule has 7 heteroatoms. The molecule has 3 heterocycles. The second-order valence-corrected chi connectivity index (χ2v) is 8.35. The van der Waals surface area contributed by atoms with Gasteiger partial charge in [-0.15, -0.1) is 0 Å². The van der Waals surface area contributed by atoms with Crippen LogP contribution in [0.5, 0.6) is 0 Å². The average Bonchev–Trinajstić information content (AvgIpc) is 2.77. The second kappa shape index (κ2) is 8.89. The molecule has 3 aromatic rings. The van der Waals surface area contributed by atoms with Crippen molar-refractivity contribution in [3.63, 3.8) is 0 Å². The first-order chi connectivity index (χ1) is 14.9. The number of aryl methyl sites for hydroxylation is 2. The summed E-state index contributed by atoms with van der Waals surface area (Å²) < 4.78 is 1.99. The number of benzene rings is 1. The van der Waals surface area contributed by atoms with E-state index in [0.717, 1.165) is 35.2 Å². The number of nitrogens with zero attached hydrogens (tertiary/aromatic N) is 4. The second-order valence-electron chi connectivity index (χ2n) is 8.35. The SMILES string of the molecule is Cc1cc(CN(Cc2cn(C)c3ccccc3c2=O)C2CCCN(C(=O)O)C2)ccn1. The zero-order chi connectivity index (χ0) is 22.0. The molecule has 7 nitrogen and oxygen atoms in total. The maximum Gasteiger partial charge on any atom is 0.407 e. The van der Waals surface area contributed by atoms with E-state index >= 15 is 0 Å². The lowest BCUT2D eigenvalue weighted by atomic mass is 10.0. The summed E-state index contributed by atoms with van der Waals surface area (Å²) >= 11 is 0. The molecule has 1 N–H and O–H groups in total. The highest BCUT2D eigenvalue weighted by Gasteiger charge is 2.28. The molecular formula is C24H28N4O3. The number of aromatic nitrogens is 2. The molecule has 1 saturated heterocycles. The Balaban J connectivity index is 1.69. The van der Waals surface area contributed by atoms with Crippen molar-refractivity contribution in [3.8, 4) is 0 Å². The molecule has 0 spiro atoms. The standard InChI is InChI=1S/C24H28N4O3/c1-17-12-18(9-10-25-17)13-28(20-6-5-11-27(16-20)24(30)31)15-19-14-26(2)22-8-4-3-7-21(22)23(19)29/h3-4,7-10,12,14,20H,5-6,11,13,15-16H2,1-2H3,(H,30,31). The molecule has 31 heavy (non-hydrogen) atoms. The number of likely N-dealkylation sites (tertiary alicyclic amines) is 1. The third-order valence-corrected chi connectivity index (χ3v) is 6.07. The van der Waals surface area contributed by atoms with Crippen molar-refractivity contribution in [3.05, 3.63) is 75.8 Å². The minimum atomic E-state index is -0.883. The van der Waals surface area contributed by atoms with Gasteiger partial charge in [-0.25, -0.2) is 4.79 Å². The summed E-state index contributed by atoms with van der Waals surface area (Å²) in [5.41, 5.74) is 3.71. The fourth-order valence-corrected chi connectivity index (χ4v) is 4.52. The van der Waals surface area contributed by atoms with E-state index in [9.17, 15) is 14.7 Å². The lowest BCUT2D eigenvalue weighted by Crippen LogP contribution is -2.49. The predicted octanol–water partition coefficient (Wildman–Crippen LogP) is 3.39. The fraction of sp³-hybridized carbons (Fsp3) is 0.375. The molecule has 1 aliphatic rings. The third-order valence-electron chi connectivity index (χ3n) is 6.07. The number of piperidine rings is 1. The summed E-state index contributed by atoms with van der Waals surface area (Å²) in [5.74, 6) is 0. The van der Waals surface area contributed by atoms with E-state index in [0.29, 0.717) is 31.6 Å². The van der Waals surface area contributed by atoms with Gasteiger partial charge < -0.3 is 14.6 Å². The number of pyridine rings is 2. The van der Waals surface area contributed by atoms with E-state index in [4.69, 9.17) is 0 Å². The van der Waals surface area contributed by atoms with Crippen LogP contribution in [-0.4, -0.2) is 49.7 Å². The van der Waals surface area contributed by atoms with E-state index in [-0.39, 0.29) is 11.5 Å². The van der Waals surface area contributed by atoms with Gasteiger partial charge in [0, 0.05) is 68.3 Å². The van der Waals surface area contributed by atoms with Crippen molar-refractivity contribution in [2.45, 2.75) is 38.9 Å². The molecule has 0 saturated carbocycles. The Morgan fingerprint density at radius 2 is 2.06 bits per heavy atom. The first kappa shape index (κ1) is 21.1. The van der Waals surface area contributed by atoms with E-state index in [1.165, 1.54) is 4.90 Å². The summed E-state index contributed by atoms with van der Waals surface area (Å²) in [6.45, 7) is 4.08. The number of carbonyl (C=O) groups is 1. The highest BCUT2D eigenvalue weighted by molar-refractivity contribution is 5.79. The first-order valence-corrected chi connectivity index (χ1v) is 10.6. The number of amides is 1. The van der Waals surface area contributed by atoms with Crippen molar-refractivity contribution in [1.82, 2.24) is 19.4 Å². The fourth-order valence-electron chi connectivity index (χ4n) is 4.52. The molecule has 1 aliphatic heterocycles. The van der Waals surface area contributed by atoms with Gasteiger partial charge in [-0.1, -0.05) is 12.1 Å². The van der Waals surface area contributed by atoms with Crippen LogP contribution >= 0.6 is 0 Å². The average molecular weight is 421 g/mol. The van der Waals surface area contributed by atoms with E-state index in [2.05, 4.69) is 9.88 Å². The highest BCUT2D eigenvalue weighted by Crippen LogP contribution is 2.21. The monoisotopic (exact) mass is 420 g/mol. The molecule has 1 unspecified atom stereocenters. The number of hydrogen-bond donors (Lipinski definition) is 1. The van der Waals surface area contributed by atoms with Gasteiger partial charge in [0.1, 0.15) is 0 Å². The van der Waals surface area contributed by atoms with Crippen molar-refractivity contribution in [1.29, 1.82) is 0 Å². The molecule has 1 fully saturated rings. The number of rotatable bonds is 5. The van der Waals surface area contributed by atoms with Crippen LogP contribution in [0.15, 0.2) is 53.6 Å². The lowest BCUT2D eigenvalue weighted by molar-refractivity contribution is 0.0781. The number of fused-ring (bicyclic) bond motifs is 1. The minimum Gasteiger partial charge on any atom is -0.465 e. The Kier molecular flexibility index (Phi) is 6.04. The van der Waals surface area contributed by atoms with Crippen LogP contribution in [0.3, 0.4) is 0 Å². The van der Waals surface area contributed by atoms with Gasteiger partial charge in [-0.2, -0.15) is 0 Å². The van der Waals surface area contributed by atoms with Gasteiger partial charge >= 0.3 is 6.09 Å². The summed E-state index contributed by atoms with van der Waals surface area (Å²) in [4.78, 5) is 32.8. The smallest absolute Gasteiger partial charge is 0.407 e. The minimum absolute atomic E-state index is 0.0375. The largest absolute Gasteiger partial charge is 0.465 e. The zero-order valence-electron chi connectivity index (χ0n) is 18.0. The molecule has 162 valence electrons. The van der Waals surface area contributed by atoms with Crippen molar-refractivity contribution in [2.75, 3.05) is 13.1 Å². The van der Waals surface area contributed by atoms with E-state index < -0.39 is 6.09 Å². The Labute approximate surface area is 181 Å². The molecule has 1 atom stereocenters. The number of carboxylic acid groups (broad SMARTS) is 1. The maximum absolute atomic E-state index is 13.2. The van der Waals surface area contributed by atoms with Crippen molar-refractivity contribution >= 4 is 17.0 Å². The van der Waals surface area contributed by atoms with Crippen LogP contribution in [0.1, 0.15) is 29.7 Å². The Morgan fingerprint density at radius 1 is 1.26 bits per heavy atom. The summed E-state index contributed by atoms with van der Waals surface area (Å²) in [6.07, 6.45) is 4.54. The zero-order valence-corrected chi connectivity index (χ0v) is 18.0. The van der Waals surface area contributed by atoms with Gasteiger partial charge in [0.2, 0.25) is 0 Å². The van der Waals surface area contributed by atoms with E-state index in [1.54, 1.807) is 6.20 Å².